The first kappa shape index (κ1) is 22.3. The number of halogens is 1. The molecule has 32 heavy (non-hydrogen) atoms. The van der Waals surface area contributed by atoms with Gasteiger partial charge in [0.15, 0.2) is 22.5 Å². The number of benzene rings is 2. The van der Waals surface area contributed by atoms with Crippen LogP contribution in [0.15, 0.2) is 59.8 Å². The number of nitrogens with zero attached hydrogens (tertiary/aromatic N) is 3. The zero-order valence-electron chi connectivity index (χ0n) is 17.9. The molecule has 1 fully saturated rings. The lowest BCUT2D eigenvalue weighted by atomic mass is 9.89. The SMILES string of the molecule is O=C(CSc1nnc(COc2ccccc2F)n1-c1ccccc1)NCC1CCCCC1. The highest BCUT2D eigenvalue weighted by Gasteiger charge is 2.18. The predicted octanol–water partition coefficient (Wildman–Crippen LogP) is 4.77. The van der Waals surface area contributed by atoms with Gasteiger partial charge in [0.05, 0.1) is 5.75 Å². The van der Waals surface area contributed by atoms with Gasteiger partial charge in [-0.2, -0.15) is 0 Å². The molecule has 1 heterocycles. The molecule has 2 aromatic carbocycles. The number of ether oxygens (including phenoxy) is 1. The molecule has 0 unspecified atom stereocenters. The molecule has 1 aromatic heterocycles. The van der Waals surface area contributed by atoms with Crippen LogP contribution in [0.2, 0.25) is 0 Å². The molecule has 0 spiro atoms. The second-order valence-corrected chi connectivity index (χ2v) is 8.83. The van der Waals surface area contributed by atoms with Gasteiger partial charge in [-0.3, -0.25) is 9.36 Å². The van der Waals surface area contributed by atoms with E-state index in [4.69, 9.17) is 4.74 Å². The zero-order chi connectivity index (χ0) is 22.2. The van der Waals surface area contributed by atoms with Crippen LogP contribution in [0.5, 0.6) is 5.75 Å². The number of thioether (sulfide) groups is 1. The van der Waals surface area contributed by atoms with E-state index in [9.17, 15) is 9.18 Å². The van der Waals surface area contributed by atoms with Crippen LogP contribution in [-0.2, 0) is 11.4 Å². The highest BCUT2D eigenvalue weighted by molar-refractivity contribution is 7.99. The maximum absolute atomic E-state index is 13.9. The van der Waals surface area contributed by atoms with Gasteiger partial charge in [0, 0.05) is 12.2 Å². The topological polar surface area (TPSA) is 69.0 Å². The van der Waals surface area contributed by atoms with Crippen LogP contribution in [0.4, 0.5) is 4.39 Å². The average molecular weight is 455 g/mol. The quantitative estimate of drug-likeness (QED) is 0.472. The molecule has 8 heteroatoms. The number of nitrogens with one attached hydrogen (secondary N) is 1. The number of para-hydroxylation sites is 2. The summed E-state index contributed by atoms with van der Waals surface area (Å²) in [6.45, 7) is 0.795. The van der Waals surface area contributed by atoms with Crippen molar-refractivity contribution in [3.63, 3.8) is 0 Å². The maximum atomic E-state index is 13.9. The summed E-state index contributed by atoms with van der Waals surface area (Å²) in [7, 11) is 0. The Kier molecular flexibility index (Phi) is 7.77. The molecule has 1 amide bonds. The van der Waals surface area contributed by atoms with Crippen molar-refractivity contribution in [3.8, 4) is 11.4 Å². The number of aromatic nitrogens is 3. The molecule has 0 atom stereocenters. The molecule has 0 radical (unpaired) electrons. The zero-order valence-corrected chi connectivity index (χ0v) is 18.7. The van der Waals surface area contributed by atoms with Crippen molar-refractivity contribution < 1.29 is 13.9 Å². The molecule has 168 valence electrons. The monoisotopic (exact) mass is 454 g/mol. The minimum atomic E-state index is -0.428. The predicted molar refractivity (Wildman–Crippen MR) is 122 cm³/mol. The van der Waals surface area contributed by atoms with Crippen LogP contribution in [0.25, 0.3) is 5.69 Å². The Bertz CT molecular complexity index is 1020. The summed E-state index contributed by atoms with van der Waals surface area (Å²) in [5.74, 6) is 1.10. The molecule has 1 saturated carbocycles. The van der Waals surface area contributed by atoms with Crippen molar-refractivity contribution in [2.45, 2.75) is 43.9 Å². The number of hydrogen-bond acceptors (Lipinski definition) is 5. The van der Waals surface area contributed by atoms with E-state index in [0.717, 1.165) is 12.2 Å². The van der Waals surface area contributed by atoms with Gasteiger partial charge in [0.25, 0.3) is 0 Å². The van der Waals surface area contributed by atoms with Crippen molar-refractivity contribution in [1.29, 1.82) is 0 Å². The molecule has 1 N–H and O–H groups in total. The van der Waals surface area contributed by atoms with Gasteiger partial charge in [0.2, 0.25) is 5.91 Å². The Hall–Kier alpha value is -2.87. The van der Waals surface area contributed by atoms with Crippen LogP contribution >= 0.6 is 11.8 Å². The molecule has 0 aliphatic heterocycles. The van der Waals surface area contributed by atoms with Crippen LogP contribution in [0.1, 0.15) is 37.9 Å². The smallest absolute Gasteiger partial charge is 0.230 e. The molecule has 1 aliphatic rings. The Morgan fingerprint density at radius 2 is 1.81 bits per heavy atom. The van der Waals surface area contributed by atoms with Crippen molar-refractivity contribution in [2.24, 2.45) is 5.92 Å². The number of carbonyl (C=O) groups is 1. The van der Waals surface area contributed by atoms with E-state index >= 15 is 0 Å². The normalized spacial score (nSPS) is 14.3. The van der Waals surface area contributed by atoms with Crippen molar-refractivity contribution in [2.75, 3.05) is 12.3 Å². The molecule has 3 aromatic rings. The van der Waals surface area contributed by atoms with Gasteiger partial charge in [-0.05, 0) is 43.0 Å². The maximum Gasteiger partial charge on any atom is 0.230 e. The van der Waals surface area contributed by atoms with Crippen LogP contribution in [0.3, 0.4) is 0 Å². The third kappa shape index (κ3) is 5.88. The van der Waals surface area contributed by atoms with E-state index in [0.29, 0.717) is 16.9 Å². The lowest BCUT2D eigenvalue weighted by Crippen LogP contribution is -2.31. The Morgan fingerprint density at radius 1 is 1.06 bits per heavy atom. The van der Waals surface area contributed by atoms with Gasteiger partial charge in [-0.25, -0.2) is 4.39 Å². The summed E-state index contributed by atoms with van der Waals surface area (Å²) in [4.78, 5) is 12.4. The Balaban J connectivity index is 1.42. The first-order chi connectivity index (χ1) is 15.7. The number of carbonyl (C=O) groups excluding carboxylic acids is 1. The standard InChI is InChI=1S/C24H27FN4O2S/c25-20-13-7-8-14-21(20)31-16-22-27-28-24(29(22)19-11-5-2-6-12-19)32-17-23(30)26-15-18-9-3-1-4-10-18/h2,5-8,11-14,18H,1,3-4,9-10,15-17H2,(H,26,30). The van der Waals surface area contributed by atoms with Gasteiger partial charge in [0.1, 0.15) is 6.61 Å². The number of amides is 1. The average Bonchev–Trinajstić information content (AvgIpc) is 3.25. The largest absolute Gasteiger partial charge is 0.483 e. The fourth-order valence-corrected chi connectivity index (χ4v) is 4.66. The summed E-state index contributed by atoms with van der Waals surface area (Å²) in [5, 5.41) is 12.2. The van der Waals surface area contributed by atoms with Crippen LogP contribution < -0.4 is 10.1 Å². The van der Waals surface area contributed by atoms with Crippen molar-refractivity contribution in [1.82, 2.24) is 20.1 Å². The molecule has 0 saturated heterocycles. The molecule has 4 rings (SSSR count). The summed E-state index contributed by atoms with van der Waals surface area (Å²) in [6, 6.07) is 15.9. The number of hydrogen-bond donors (Lipinski definition) is 1. The second kappa shape index (κ2) is 11.1. The fraction of sp³-hybridized carbons (Fsp3) is 0.375. The summed E-state index contributed by atoms with van der Waals surface area (Å²) in [6.07, 6.45) is 6.21. The first-order valence-electron chi connectivity index (χ1n) is 11.0. The minimum Gasteiger partial charge on any atom is -0.483 e. The van der Waals surface area contributed by atoms with Crippen molar-refractivity contribution in [3.05, 3.63) is 66.2 Å². The highest BCUT2D eigenvalue weighted by Crippen LogP contribution is 2.25. The van der Waals surface area contributed by atoms with E-state index in [1.807, 2.05) is 34.9 Å². The van der Waals surface area contributed by atoms with E-state index in [1.165, 1.54) is 49.9 Å². The van der Waals surface area contributed by atoms with Gasteiger partial charge in [-0.1, -0.05) is 61.4 Å². The Morgan fingerprint density at radius 3 is 2.59 bits per heavy atom. The van der Waals surface area contributed by atoms with Crippen LogP contribution in [0, 0.1) is 11.7 Å². The summed E-state index contributed by atoms with van der Waals surface area (Å²) in [5.41, 5.74) is 0.856. The van der Waals surface area contributed by atoms with E-state index in [-0.39, 0.29) is 24.0 Å². The molecular weight excluding hydrogens is 427 g/mol. The second-order valence-electron chi connectivity index (χ2n) is 7.89. The highest BCUT2D eigenvalue weighted by atomic mass is 32.2. The lowest BCUT2D eigenvalue weighted by molar-refractivity contribution is -0.118. The van der Waals surface area contributed by atoms with E-state index in [1.54, 1.807) is 18.2 Å². The van der Waals surface area contributed by atoms with E-state index < -0.39 is 5.82 Å². The molecule has 0 bridgehead atoms. The minimum absolute atomic E-state index is 0.00709. The molecular formula is C24H27FN4O2S. The fourth-order valence-electron chi connectivity index (χ4n) is 3.86. The summed E-state index contributed by atoms with van der Waals surface area (Å²) >= 11 is 1.33. The van der Waals surface area contributed by atoms with Gasteiger partial charge in [-0.15, -0.1) is 10.2 Å². The van der Waals surface area contributed by atoms with Crippen LogP contribution in [-0.4, -0.2) is 33.0 Å². The summed E-state index contributed by atoms with van der Waals surface area (Å²) < 4.78 is 21.4. The third-order valence-corrected chi connectivity index (χ3v) is 6.48. The van der Waals surface area contributed by atoms with Gasteiger partial charge >= 0.3 is 0 Å². The van der Waals surface area contributed by atoms with Gasteiger partial charge < -0.3 is 10.1 Å². The lowest BCUT2D eigenvalue weighted by Gasteiger charge is -2.21. The Labute approximate surface area is 191 Å². The number of rotatable bonds is 9. The third-order valence-electron chi connectivity index (χ3n) is 5.55. The molecule has 6 nitrogen and oxygen atoms in total. The van der Waals surface area contributed by atoms with Crippen molar-refractivity contribution >= 4 is 17.7 Å². The van der Waals surface area contributed by atoms with E-state index in [2.05, 4.69) is 15.5 Å². The molecule has 1 aliphatic carbocycles. The first-order valence-corrected chi connectivity index (χ1v) is 12.0.